The summed E-state index contributed by atoms with van der Waals surface area (Å²) < 4.78 is 37.0. The molecule has 1 fully saturated rings. The monoisotopic (exact) mass is 315 g/mol. The molecule has 1 heterocycles. The Hall–Kier alpha value is -1.31. The lowest BCUT2D eigenvalue weighted by molar-refractivity contribution is 0.0604. The lowest BCUT2D eigenvalue weighted by atomic mass is 9.98. The van der Waals surface area contributed by atoms with E-state index in [1.807, 2.05) is 6.92 Å². The number of ether oxygens (including phenoxy) is 2. The summed E-state index contributed by atoms with van der Waals surface area (Å²) in [6, 6.07) is 4.59. The molecule has 1 aromatic carbocycles. The van der Waals surface area contributed by atoms with Crippen molar-refractivity contribution in [1.29, 1.82) is 0 Å². The Balaban J connectivity index is 2.35. The zero-order valence-corrected chi connectivity index (χ0v) is 13.3. The summed E-state index contributed by atoms with van der Waals surface area (Å²) in [5.74, 6) is 0.870. The van der Waals surface area contributed by atoms with E-state index in [1.54, 1.807) is 6.07 Å². The number of β-amino-alcohol motifs (C(OH)–C–C–N with tert-alkyl or cyclic N) is 1. The van der Waals surface area contributed by atoms with Crippen LogP contribution in [-0.2, 0) is 10.0 Å². The predicted octanol–water partition coefficient (Wildman–Crippen LogP) is 1.10. The van der Waals surface area contributed by atoms with Crippen LogP contribution in [0.4, 0.5) is 0 Å². The van der Waals surface area contributed by atoms with E-state index >= 15 is 0 Å². The average molecular weight is 315 g/mol. The van der Waals surface area contributed by atoms with Crippen LogP contribution in [0.25, 0.3) is 0 Å². The first-order chi connectivity index (χ1) is 9.90. The Morgan fingerprint density at radius 3 is 2.57 bits per heavy atom. The molecule has 21 heavy (non-hydrogen) atoms. The number of rotatable bonds is 4. The normalized spacial score (nSPS) is 23.8. The van der Waals surface area contributed by atoms with Crippen molar-refractivity contribution >= 4 is 10.0 Å². The van der Waals surface area contributed by atoms with E-state index in [2.05, 4.69) is 0 Å². The van der Waals surface area contributed by atoms with E-state index in [-0.39, 0.29) is 23.1 Å². The van der Waals surface area contributed by atoms with E-state index in [0.29, 0.717) is 18.7 Å². The van der Waals surface area contributed by atoms with Crippen LogP contribution in [-0.4, -0.2) is 51.2 Å². The molecule has 7 heteroatoms. The van der Waals surface area contributed by atoms with Crippen molar-refractivity contribution in [3.63, 3.8) is 0 Å². The summed E-state index contributed by atoms with van der Waals surface area (Å²) in [7, 11) is -0.770. The van der Waals surface area contributed by atoms with Gasteiger partial charge in [0.25, 0.3) is 0 Å². The Bertz CT molecular complexity index is 601. The fraction of sp³-hybridized carbons (Fsp3) is 0.571. The minimum Gasteiger partial charge on any atom is -0.497 e. The van der Waals surface area contributed by atoms with Gasteiger partial charge in [-0.1, -0.05) is 6.92 Å². The second kappa shape index (κ2) is 6.21. The molecule has 0 radical (unpaired) electrons. The molecule has 2 atom stereocenters. The van der Waals surface area contributed by atoms with Gasteiger partial charge in [-0.25, -0.2) is 8.42 Å². The molecule has 1 aromatic rings. The van der Waals surface area contributed by atoms with Gasteiger partial charge in [0.05, 0.1) is 20.3 Å². The van der Waals surface area contributed by atoms with Gasteiger partial charge >= 0.3 is 0 Å². The highest BCUT2D eigenvalue weighted by Gasteiger charge is 2.34. The van der Waals surface area contributed by atoms with Crippen molar-refractivity contribution in [3.8, 4) is 11.5 Å². The van der Waals surface area contributed by atoms with E-state index in [9.17, 15) is 13.5 Å². The third-order valence-corrected chi connectivity index (χ3v) is 5.77. The number of nitrogens with zero attached hydrogens (tertiary/aromatic N) is 1. The van der Waals surface area contributed by atoms with Crippen LogP contribution in [0.1, 0.15) is 13.3 Å². The minimum atomic E-state index is -3.69. The zero-order valence-electron chi connectivity index (χ0n) is 12.4. The van der Waals surface area contributed by atoms with Crippen molar-refractivity contribution in [2.75, 3.05) is 27.3 Å². The Labute approximate surface area is 125 Å². The summed E-state index contributed by atoms with van der Waals surface area (Å²) in [5.41, 5.74) is 0. The van der Waals surface area contributed by atoms with Gasteiger partial charge in [0, 0.05) is 19.2 Å². The van der Waals surface area contributed by atoms with Crippen molar-refractivity contribution in [2.24, 2.45) is 5.92 Å². The number of hydrogen-bond donors (Lipinski definition) is 1. The van der Waals surface area contributed by atoms with Crippen molar-refractivity contribution in [3.05, 3.63) is 18.2 Å². The minimum absolute atomic E-state index is 0.0903. The lowest BCUT2D eigenvalue weighted by Crippen LogP contribution is -2.45. The first-order valence-electron chi connectivity index (χ1n) is 6.80. The number of piperidine rings is 1. The topological polar surface area (TPSA) is 76.1 Å². The molecule has 6 nitrogen and oxygen atoms in total. The third-order valence-electron chi connectivity index (χ3n) is 3.87. The van der Waals surface area contributed by atoms with E-state index in [1.165, 1.54) is 30.7 Å². The van der Waals surface area contributed by atoms with Gasteiger partial charge in [-0.3, -0.25) is 0 Å². The number of sulfonamides is 1. The maximum atomic E-state index is 12.7. The fourth-order valence-electron chi connectivity index (χ4n) is 2.37. The zero-order chi connectivity index (χ0) is 15.6. The van der Waals surface area contributed by atoms with Crippen LogP contribution in [0.15, 0.2) is 23.1 Å². The lowest BCUT2D eigenvalue weighted by Gasteiger charge is -2.33. The van der Waals surface area contributed by atoms with Crippen LogP contribution < -0.4 is 9.47 Å². The summed E-state index contributed by atoms with van der Waals surface area (Å²) in [4.78, 5) is 0.0903. The molecule has 0 aliphatic carbocycles. The molecule has 0 bridgehead atoms. The number of aliphatic hydroxyl groups is 1. The van der Waals surface area contributed by atoms with Gasteiger partial charge in [0.15, 0.2) is 0 Å². The predicted molar refractivity (Wildman–Crippen MR) is 78.1 cm³/mol. The van der Waals surface area contributed by atoms with Gasteiger partial charge in [0.1, 0.15) is 16.4 Å². The molecule has 0 spiro atoms. The first kappa shape index (κ1) is 16.1. The number of benzene rings is 1. The molecule has 1 aliphatic rings. The smallest absolute Gasteiger partial charge is 0.246 e. The largest absolute Gasteiger partial charge is 0.497 e. The van der Waals surface area contributed by atoms with Gasteiger partial charge in [0.2, 0.25) is 10.0 Å². The average Bonchev–Trinajstić information content (AvgIpc) is 2.49. The molecule has 118 valence electrons. The van der Waals surface area contributed by atoms with E-state index < -0.39 is 16.1 Å². The molecule has 2 rings (SSSR count). The van der Waals surface area contributed by atoms with Crippen LogP contribution in [0.3, 0.4) is 0 Å². The number of hydrogen-bond acceptors (Lipinski definition) is 5. The van der Waals surface area contributed by atoms with Crippen LogP contribution >= 0.6 is 0 Å². The molecular weight excluding hydrogens is 294 g/mol. The molecule has 1 saturated heterocycles. The Morgan fingerprint density at radius 1 is 1.29 bits per heavy atom. The van der Waals surface area contributed by atoms with Crippen LogP contribution in [0.5, 0.6) is 11.5 Å². The second-order valence-electron chi connectivity index (χ2n) is 5.21. The fourth-order valence-corrected chi connectivity index (χ4v) is 3.97. The van der Waals surface area contributed by atoms with Gasteiger partial charge < -0.3 is 14.6 Å². The maximum Gasteiger partial charge on any atom is 0.246 e. The number of aliphatic hydroxyl groups excluding tert-OH is 1. The van der Waals surface area contributed by atoms with Gasteiger partial charge in [-0.05, 0) is 24.5 Å². The second-order valence-corrected chi connectivity index (χ2v) is 7.12. The number of methoxy groups -OCH3 is 2. The van der Waals surface area contributed by atoms with Crippen molar-refractivity contribution in [2.45, 2.75) is 24.3 Å². The van der Waals surface area contributed by atoms with E-state index in [0.717, 1.165) is 0 Å². The highest BCUT2D eigenvalue weighted by atomic mass is 32.2. The molecule has 0 aromatic heterocycles. The highest BCUT2D eigenvalue weighted by molar-refractivity contribution is 7.89. The van der Waals surface area contributed by atoms with Crippen LogP contribution in [0, 0.1) is 5.92 Å². The molecule has 0 saturated carbocycles. The van der Waals surface area contributed by atoms with Gasteiger partial charge in [-0.2, -0.15) is 4.31 Å². The van der Waals surface area contributed by atoms with Gasteiger partial charge in [-0.15, -0.1) is 0 Å². The van der Waals surface area contributed by atoms with Crippen molar-refractivity contribution < 1.29 is 23.0 Å². The molecule has 1 aliphatic heterocycles. The standard InChI is InChI=1S/C14H21NO5S/c1-10-6-7-15(9-12(10)16)21(17,18)14-5-4-11(19-2)8-13(14)20-3/h4-5,8,10,12,16H,6-7,9H2,1-3H3. The molecule has 1 N–H and O–H groups in total. The van der Waals surface area contributed by atoms with Crippen molar-refractivity contribution in [1.82, 2.24) is 4.31 Å². The summed E-state index contributed by atoms with van der Waals surface area (Å²) in [6.07, 6.45) is -0.00319. The quantitative estimate of drug-likeness (QED) is 0.900. The van der Waals surface area contributed by atoms with E-state index in [4.69, 9.17) is 9.47 Å². The molecule has 0 amide bonds. The maximum absolute atomic E-state index is 12.7. The van der Waals surface area contributed by atoms with Crippen LogP contribution in [0.2, 0.25) is 0 Å². The first-order valence-corrected chi connectivity index (χ1v) is 8.24. The third kappa shape index (κ3) is 3.14. The highest BCUT2D eigenvalue weighted by Crippen LogP contribution is 2.32. The SMILES string of the molecule is COc1ccc(S(=O)(=O)N2CCC(C)C(O)C2)c(OC)c1. The summed E-state index contributed by atoms with van der Waals surface area (Å²) >= 11 is 0. The summed E-state index contributed by atoms with van der Waals surface area (Å²) in [5, 5.41) is 9.91. The Morgan fingerprint density at radius 2 is 2.00 bits per heavy atom. The molecule has 2 unspecified atom stereocenters. The summed E-state index contributed by atoms with van der Waals surface area (Å²) in [6.45, 7) is 2.43. The molecular formula is C14H21NO5S. The Kier molecular flexibility index (Phi) is 4.75.